The predicted octanol–water partition coefficient (Wildman–Crippen LogP) is 4.23. The third-order valence-corrected chi connectivity index (χ3v) is 6.67. The zero-order valence-electron chi connectivity index (χ0n) is 18.3. The van der Waals surface area contributed by atoms with Gasteiger partial charge in [-0.15, -0.1) is 0 Å². The molecule has 2 aliphatic rings. The van der Waals surface area contributed by atoms with Crippen LogP contribution < -0.4 is 0 Å². The number of ether oxygens (including phenoxy) is 1. The van der Waals surface area contributed by atoms with Crippen LogP contribution in [0.5, 0.6) is 0 Å². The number of carbonyl (C=O) groups excluding carboxylic acids is 1. The van der Waals surface area contributed by atoms with Crippen molar-refractivity contribution in [3.63, 3.8) is 0 Å². The molecule has 1 amide bonds. The van der Waals surface area contributed by atoms with E-state index in [1.54, 1.807) is 30.2 Å². The maximum atomic E-state index is 13.1. The van der Waals surface area contributed by atoms with Gasteiger partial charge in [0.1, 0.15) is 18.0 Å². The quantitative estimate of drug-likeness (QED) is 0.645. The molecular weight excluding hydrogens is 451 g/mol. The van der Waals surface area contributed by atoms with Crippen LogP contribution in [-0.2, 0) is 16.1 Å². The number of methoxy groups -OCH3 is 1. The van der Waals surface area contributed by atoms with E-state index < -0.39 is 0 Å². The van der Waals surface area contributed by atoms with Crippen molar-refractivity contribution >= 4 is 29.1 Å². The first-order chi connectivity index (χ1) is 15.4. The Labute approximate surface area is 197 Å². The second-order valence-corrected chi connectivity index (χ2v) is 8.72. The Kier molecular flexibility index (Phi) is 6.79. The van der Waals surface area contributed by atoms with E-state index in [4.69, 9.17) is 32.4 Å². The highest BCUT2D eigenvalue weighted by Crippen LogP contribution is 2.30. The van der Waals surface area contributed by atoms with Gasteiger partial charge in [0, 0.05) is 25.7 Å². The molecule has 0 saturated carbocycles. The summed E-state index contributed by atoms with van der Waals surface area (Å²) in [6.07, 6.45) is 9.44. The Morgan fingerprint density at radius 1 is 1.34 bits per heavy atom. The van der Waals surface area contributed by atoms with Gasteiger partial charge in [-0.1, -0.05) is 35.4 Å². The lowest BCUT2D eigenvalue weighted by Crippen LogP contribution is -2.56. The Morgan fingerprint density at radius 2 is 2.16 bits per heavy atom. The molecule has 32 heavy (non-hydrogen) atoms. The summed E-state index contributed by atoms with van der Waals surface area (Å²) in [4.78, 5) is 17.4. The van der Waals surface area contributed by atoms with Crippen molar-refractivity contribution in [3.05, 3.63) is 64.2 Å². The summed E-state index contributed by atoms with van der Waals surface area (Å²) < 4.78 is 12.5. The molecule has 0 radical (unpaired) electrons. The van der Waals surface area contributed by atoms with Gasteiger partial charge in [0.05, 0.1) is 35.2 Å². The lowest BCUT2D eigenvalue weighted by atomic mass is 10.1. The van der Waals surface area contributed by atoms with Crippen molar-refractivity contribution in [3.8, 4) is 11.5 Å². The van der Waals surface area contributed by atoms with E-state index >= 15 is 0 Å². The highest BCUT2D eigenvalue weighted by Gasteiger charge is 2.31. The second kappa shape index (κ2) is 9.57. The topological polar surface area (TPSA) is 63.7 Å². The summed E-state index contributed by atoms with van der Waals surface area (Å²) in [6, 6.07) is 3.69. The van der Waals surface area contributed by atoms with Gasteiger partial charge in [0.2, 0.25) is 5.91 Å². The highest BCUT2D eigenvalue weighted by molar-refractivity contribution is 6.33. The zero-order chi connectivity index (χ0) is 22.8. The monoisotopic (exact) mass is 476 g/mol. The van der Waals surface area contributed by atoms with Crippen molar-refractivity contribution < 1.29 is 13.9 Å². The minimum atomic E-state index is 0.0136. The van der Waals surface area contributed by atoms with Gasteiger partial charge in [-0.3, -0.25) is 14.4 Å². The van der Waals surface area contributed by atoms with Crippen LogP contribution >= 0.6 is 23.2 Å². The molecule has 1 fully saturated rings. The van der Waals surface area contributed by atoms with Crippen LogP contribution in [0.2, 0.25) is 5.02 Å². The summed E-state index contributed by atoms with van der Waals surface area (Å²) >= 11 is 12.7. The smallest absolute Gasteiger partial charge is 0.244 e. The number of aromatic nitrogens is 2. The molecule has 0 spiro atoms. The average Bonchev–Trinajstić information content (AvgIpc) is 3.34. The van der Waals surface area contributed by atoms with Crippen LogP contribution in [-0.4, -0.2) is 64.3 Å². The average molecular weight is 477 g/mol. The van der Waals surface area contributed by atoms with Gasteiger partial charge in [0.15, 0.2) is 5.76 Å². The Bertz CT molecular complexity index is 1070. The van der Waals surface area contributed by atoms with Crippen LogP contribution in [0.4, 0.5) is 0 Å². The van der Waals surface area contributed by atoms with Crippen LogP contribution in [0.1, 0.15) is 12.6 Å². The predicted molar refractivity (Wildman–Crippen MR) is 124 cm³/mol. The molecule has 0 N–H and O–H groups in total. The number of furan rings is 1. The number of hydrogen-bond donors (Lipinski definition) is 0. The van der Waals surface area contributed by atoms with Crippen molar-refractivity contribution in [2.45, 2.75) is 32.5 Å². The summed E-state index contributed by atoms with van der Waals surface area (Å²) in [5, 5.41) is 5.60. The fraction of sp³-hybridized carbons (Fsp3) is 0.391. The molecule has 2 aromatic rings. The Morgan fingerprint density at radius 3 is 2.84 bits per heavy atom. The fourth-order valence-electron chi connectivity index (χ4n) is 4.11. The number of piperazine rings is 1. The molecule has 3 heterocycles. The van der Waals surface area contributed by atoms with Gasteiger partial charge in [-0.25, -0.2) is 0 Å². The molecule has 2 unspecified atom stereocenters. The summed E-state index contributed by atoms with van der Waals surface area (Å²) in [5.74, 6) is 1.26. The molecule has 2 aromatic heterocycles. The van der Waals surface area contributed by atoms with E-state index in [1.807, 2.05) is 30.1 Å². The van der Waals surface area contributed by atoms with Crippen LogP contribution in [0.15, 0.2) is 57.9 Å². The molecule has 0 aromatic carbocycles. The number of hydrogen-bond acceptors (Lipinski definition) is 5. The summed E-state index contributed by atoms with van der Waals surface area (Å²) in [7, 11) is 1.62. The molecule has 170 valence electrons. The fourth-order valence-corrected chi connectivity index (χ4v) is 4.56. The molecule has 1 saturated heterocycles. The van der Waals surface area contributed by atoms with Crippen molar-refractivity contribution in [2.75, 3.05) is 26.7 Å². The van der Waals surface area contributed by atoms with Crippen LogP contribution in [0, 0.1) is 6.92 Å². The second-order valence-electron chi connectivity index (χ2n) is 7.94. The van der Waals surface area contributed by atoms with E-state index in [9.17, 15) is 4.79 Å². The SMILES string of the molecule is COC1=CC(N2CCN(C(=O)Cn3nc(-c4ccco4)c(Cl)c3C)C(C)C2)C=CC=C1Cl. The molecular formula is C23H26Cl2N4O3. The number of allylic oxidation sites excluding steroid dienone is 3. The van der Waals surface area contributed by atoms with Gasteiger partial charge >= 0.3 is 0 Å². The number of amides is 1. The summed E-state index contributed by atoms with van der Waals surface area (Å²) in [5.41, 5.74) is 1.29. The van der Waals surface area contributed by atoms with Crippen molar-refractivity contribution in [1.82, 2.24) is 19.6 Å². The highest BCUT2D eigenvalue weighted by atomic mass is 35.5. The first-order valence-corrected chi connectivity index (χ1v) is 11.2. The molecule has 9 heteroatoms. The normalized spacial score (nSPS) is 21.8. The molecule has 4 rings (SSSR count). The van der Waals surface area contributed by atoms with E-state index in [2.05, 4.69) is 23.0 Å². The van der Waals surface area contributed by atoms with E-state index in [0.29, 0.717) is 33.8 Å². The van der Waals surface area contributed by atoms with Gasteiger partial charge in [-0.2, -0.15) is 5.10 Å². The third-order valence-electron chi connectivity index (χ3n) is 5.90. The number of nitrogens with zero attached hydrogens (tertiary/aromatic N) is 4. The van der Waals surface area contributed by atoms with Crippen molar-refractivity contribution in [1.29, 1.82) is 0 Å². The van der Waals surface area contributed by atoms with Crippen molar-refractivity contribution in [2.24, 2.45) is 0 Å². The summed E-state index contributed by atoms with van der Waals surface area (Å²) in [6.45, 7) is 6.16. The molecule has 1 aliphatic heterocycles. The van der Waals surface area contributed by atoms with Crippen LogP contribution in [0.25, 0.3) is 11.5 Å². The number of carbonyl (C=O) groups is 1. The van der Waals surface area contributed by atoms with Gasteiger partial charge in [-0.05, 0) is 38.1 Å². The van der Waals surface area contributed by atoms with E-state index in [-0.39, 0.29) is 24.5 Å². The largest absolute Gasteiger partial charge is 0.495 e. The lowest BCUT2D eigenvalue weighted by Gasteiger charge is -2.42. The molecule has 0 bridgehead atoms. The molecule has 2 atom stereocenters. The van der Waals surface area contributed by atoms with Gasteiger partial charge in [0.25, 0.3) is 0 Å². The number of rotatable bonds is 5. The molecule has 1 aliphatic carbocycles. The first-order valence-electron chi connectivity index (χ1n) is 10.5. The minimum Gasteiger partial charge on any atom is -0.495 e. The maximum absolute atomic E-state index is 13.1. The third kappa shape index (κ3) is 4.51. The first kappa shape index (κ1) is 22.7. The van der Waals surface area contributed by atoms with E-state index in [0.717, 1.165) is 18.8 Å². The molecule has 7 nitrogen and oxygen atoms in total. The number of halogens is 2. The minimum absolute atomic E-state index is 0.0136. The lowest BCUT2D eigenvalue weighted by molar-refractivity contribution is -0.136. The zero-order valence-corrected chi connectivity index (χ0v) is 19.8. The standard InChI is InChI=1S/C23H26Cl2N4O3/c1-15-13-27(17-6-4-7-18(24)20(12-17)31-3)9-10-28(15)21(30)14-29-16(2)22(25)23(26-29)19-8-5-11-32-19/h4-8,11-12,15,17H,9-10,13-14H2,1-3H3. The Balaban J connectivity index is 1.43. The van der Waals surface area contributed by atoms with Gasteiger partial charge < -0.3 is 14.1 Å². The van der Waals surface area contributed by atoms with E-state index in [1.165, 1.54) is 0 Å². The Hall–Kier alpha value is -2.48. The van der Waals surface area contributed by atoms with Crippen LogP contribution in [0.3, 0.4) is 0 Å². The maximum Gasteiger partial charge on any atom is 0.244 e.